The maximum atomic E-state index is 12.2. The number of carbonyl (C=O) groups is 3. The Morgan fingerprint density at radius 2 is 1.60 bits per heavy atom. The first-order valence-electron chi connectivity index (χ1n) is 13.3. The Labute approximate surface area is 246 Å². The first kappa shape index (κ1) is 29.4. The van der Waals surface area contributed by atoms with E-state index in [2.05, 4.69) is 0 Å². The molecule has 5 rings (SSSR count). The van der Waals surface area contributed by atoms with Gasteiger partial charge in [-0.2, -0.15) is 0 Å². The second-order valence-electron chi connectivity index (χ2n) is 10.0. The van der Waals surface area contributed by atoms with Gasteiger partial charge in [-0.25, -0.2) is 0 Å². The van der Waals surface area contributed by atoms with Crippen LogP contribution in [0.2, 0.25) is 5.02 Å². The molecule has 11 heteroatoms. The lowest BCUT2D eigenvalue weighted by Crippen LogP contribution is -2.55. The fourth-order valence-electron chi connectivity index (χ4n) is 5.40. The van der Waals surface area contributed by atoms with Crippen molar-refractivity contribution in [3.8, 4) is 5.75 Å². The second-order valence-corrected chi connectivity index (χ2v) is 10.4. The van der Waals surface area contributed by atoms with E-state index in [-0.39, 0.29) is 6.61 Å². The number of methoxy groups -OCH3 is 1. The molecule has 1 aromatic heterocycles. The first-order chi connectivity index (χ1) is 20.1. The highest BCUT2D eigenvalue weighted by Gasteiger charge is 2.48. The van der Waals surface area contributed by atoms with Crippen LogP contribution in [0.5, 0.6) is 5.75 Å². The van der Waals surface area contributed by atoms with Gasteiger partial charge in [-0.3, -0.25) is 14.4 Å². The van der Waals surface area contributed by atoms with Crippen molar-refractivity contribution in [2.75, 3.05) is 13.7 Å². The average Bonchev–Trinajstić information content (AvgIpc) is 3.34. The molecule has 10 nitrogen and oxygen atoms in total. The van der Waals surface area contributed by atoms with Crippen LogP contribution in [-0.4, -0.2) is 59.6 Å². The zero-order chi connectivity index (χ0) is 30.1. The van der Waals surface area contributed by atoms with Gasteiger partial charge >= 0.3 is 17.9 Å². The summed E-state index contributed by atoms with van der Waals surface area (Å²) in [4.78, 5) is 36.0. The number of aromatic nitrogens is 1. The predicted molar refractivity (Wildman–Crippen MR) is 153 cm³/mol. The van der Waals surface area contributed by atoms with E-state index in [1.807, 2.05) is 36.4 Å². The van der Waals surface area contributed by atoms with E-state index in [9.17, 15) is 19.5 Å². The highest BCUT2D eigenvalue weighted by atomic mass is 35.5. The number of carbonyl (C=O) groups excluding carboxylic acids is 3. The van der Waals surface area contributed by atoms with Crippen LogP contribution in [0.1, 0.15) is 44.2 Å². The van der Waals surface area contributed by atoms with Crippen molar-refractivity contribution in [3.63, 3.8) is 0 Å². The Hall–Kier alpha value is -4.12. The van der Waals surface area contributed by atoms with Crippen LogP contribution in [0.3, 0.4) is 0 Å². The van der Waals surface area contributed by atoms with Gasteiger partial charge in [0.2, 0.25) is 0 Å². The fraction of sp³-hybridized carbons (Fsp3) is 0.323. The van der Waals surface area contributed by atoms with Crippen molar-refractivity contribution in [3.05, 3.63) is 76.9 Å². The van der Waals surface area contributed by atoms with E-state index in [1.54, 1.807) is 36.1 Å². The zero-order valence-corrected chi connectivity index (χ0v) is 24.2. The monoisotopic (exact) mass is 595 g/mol. The van der Waals surface area contributed by atoms with Crippen molar-refractivity contribution in [2.24, 2.45) is 0 Å². The summed E-state index contributed by atoms with van der Waals surface area (Å²) in [5.41, 5.74) is 1.69. The van der Waals surface area contributed by atoms with Crippen molar-refractivity contribution in [1.82, 2.24) is 4.57 Å². The molecule has 42 heavy (non-hydrogen) atoms. The number of hydrogen-bond acceptors (Lipinski definition) is 9. The van der Waals surface area contributed by atoms with Crippen LogP contribution in [0.4, 0.5) is 0 Å². The molecule has 1 saturated heterocycles. The Morgan fingerprint density at radius 1 is 0.929 bits per heavy atom. The summed E-state index contributed by atoms with van der Waals surface area (Å²) in [6, 6.07) is 16.5. The highest BCUT2D eigenvalue weighted by Crippen LogP contribution is 2.40. The lowest BCUT2D eigenvalue weighted by molar-refractivity contribution is -0.239. The van der Waals surface area contributed by atoms with Crippen LogP contribution in [0.15, 0.2) is 60.8 Å². The number of esters is 3. The van der Waals surface area contributed by atoms with Crippen molar-refractivity contribution < 1.29 is 43.2 Å². The molecule has 2 heterocycles. The van der Waals surface area contributed by atoms with Crippen LogP contribution in [0.25, 0.3) is 21.7 Å². The molecule has 5 atom stereocenters. The van der Waals surface area contributed by atoms with Gasteiger partial charge in [0.05, 0.1) is 24.3 Å². The Bertz CT molecular complexity index is 1670. The lowest BCUT2D eigenvalue weighted by atomic mass is 9.98. The predicted octanol–water partition coefficient (Wildman–Crippen LogP) is 4.86. The van der Waals surface area contributed by atoms with Gasteiger partial charge in [0, 0.05) is 37.9 Å². The summed E-state index contributed by atoms with van der Waals surface area (Å²) in [6.45, 7) is 3.49. The Kier molecular flexibility index (Phi) is 8.40. The number of nitrogens with zero attached hydrogens (tertiary/aromatic N) is 1. The quantitative estimate of drug-likeness (QED) is 0.236. The molecule has 1 N–H and O–H groups in total. The number of benzene rings is 3. The van der Waals surface area contributed by atoms with E-state index in [0.717, 1.165) is 16.5 Å². The van der Waals surface area contributed by atoms with Crippen LogP contribution >= 0.6 is 11.6 Å². The molecule has 0 bridgehead atoms. The minimum atomic E-state index is -1.19. The van der Waals surface area contributed by atoms with Gasteiger partial charge in [-0.05, 0) is 46.7 Å². The maximum absolute atomic E-state index is 12.2. The number of rotatable bonds is 7. The number of halogens is 1. The van der Waals surface area contributed by atoms with Crippen molar-refractivity contribution >= 4 is 51.2 Å². The molecular formula is C31H30ClNO9. The van der Waals surface area contributed by atoms with E-state index in [0.29, 0.717) is 27.1 Å². The van der Waals surface area contributed by atoms with E-state index < -0.39 is 48.6 Å². The minimum absolute atomic E-state index is 0.147. The number of hydrogen-bond donors (Lipinski definition) is 1. The molecule has 4 aromatic rings. The molecule has 0 aliphatic carbocycles. The third-order valence-electron chi connectivity index (χ3n) is 7.12. The van der Waals surface area contributed by atoms with Gasteiger partial charge in [0.15, 0.2) is 24.5 Å². The van der Waals surface area contributed by atoms with Gasteiger partial charge in [0.1, 0.15) is 11.9 Å². The summed E-state index contributed by atoms with van der Waals surface area (Å²) in [5, 5.41) is 14.5. The van der Waals surface area contributed by atoms with Gasteiger partial charge < -0.3 is 33.4 Å². The molecule has 1 aliphatic rings. The number of aliphatic hydroxyl groups excluding tert-OH is 1. The number of fused-ring (bicyclic) bond motifs is 2. The molecule has 0 saturated carbocycles. The Morgan fingerprint density at radius 3 is 2.29 bits per heavy atom. The summed E-state index contributed by atoms with van der Waals surface area (Å²) in [5.74, 6) is -1.20. The van der Waals surface area contributed by atoms with Crippen LogP contribution in [-0.2, 0) is 33.3 Å². The largest absolute Gasteiger partial charge is 0.497 e. The van der Waals surface area contributed by atoms with E-state index >= 15 is 0 Å². The molecule has 1 unspecified atom stereocenters. The molecule has 3 aromatic carbocycles. The molecule has 0 amide bonds. The number of aliphatic hydroxyl groups is 1. The standard InChI is InChI=1S/C31H30ClNO9/c1-16(34)40-26-15-39-31(30(42-18(3)36)29(26)41-17(2)35)33-14-23(27-24(32)6-5-7-25(27)33)28(37)21-9-8-20-13-22(38-4)11-10-19(20)12-21/h5-14,26,28-31,37H,15H2,1-4H3/t26-,28?,29+,30-,31-/m1/s1. The SMILES string of the molecule is COc1ccc2cc(C(O)c3cn([C@@H]4OC[C@@H](OC(C)=O)[C@H](OC(C)=O)[C@H]4OC(C)=O)c4cccc(Cl)c34)ccc2c1. The molecule has 1 fully saturated rings. The van der Waals surface area contributed by atoms with Gasteiger partial charge in [-0.15, -0.1) is 0 Å². The number of ether oxygens (including phenoxy) is 5. The molecule has 0 radical (unpaired) electrons. The van der Waals surface area contributed by atoms with Crippen LogP contribution in [0, 0.1) is 0 Å². The first-order valence-corrected chi connectivity index (χ1v) is 13.6. The third-order valence-corrected chi connectivity index (χ3v) is 7.43. The summed E-state index contributed by atoms with van der Waals surface area (Å²) < 4.78 is 29.6. The normalized spacial score (nSPS) is 21.1. The molecule has 0 spiro atoms. The average molecular weight is 596 g/mol. The fourth-order valence-corrected chi connectivity index (χ4v) is 5.67. The molecule has 1 aliphatic heterocycles. The van der Waals surface area contributed by atoms with Crippen LogP contribution < -0.4 is 4.74 Å². The summed E-state index contributed by atoms with van der Waals surface area (Å²) >= 11 is 6.68. The third kappa shape index (κ3) is 5.78. The lowest BCUT2D eigenvalue weighted by Gasteiger charge is -2.41. The van der Waals surface area contributed by atoms with Gasteiger partial charge in [0.25, 0.3) is 0 Å². The topological polar surface area (TPSA) is 123 Å². The zero-order valence-electron chi connectivity index (χ0n) is 23.4. The maximum Gasteiger partial charge on any atom is 0.303 e. The van der Waals surface area contributed by atoms with Gasteiger partial charge in [-0.1, -0.05) is 35.9 Å². The van der Waals surface area contributed by atoms with E-state index in [4.69, 9.17) is 35.3 Å². The molecular weight excluding hydrogens is 566 g/mol. The summed E-state index contributed by atoms with van der Waals surface area (Å²) in [6.07, 6.45) is -3.79. The summed E-state index contributed by atoms with van der Waals surface area (Å²) in [7, 11) is 1.60. The molecule has 220 valence electrons. The van der Waals surface area contributed by atoms with Crippen molar-refractivity contribution in [2.45, 2.75) is 51.4 Å². The smallest absolute Gasteiger partial charge is 0.303 e. The minimum Gasteiger partial charge on any atom is -0.497 e. The Balaban J connectivity index is 1.61. The highest BCUT2D eigenvalue weighted by molar-refractivity contribution is 6.35. The second kappa shape index (κ2) is 12.0. The van der Waals surface area contributed by atoms with E-state index in [1.165, 1.54) is 20.8 Å². The van der Waals surface area contributed by atoms with Crippen molar-refractivity contribution in [1.29, 1.82) is 0 Å².